The maximum absolute atomic E-state index is 12.6. The van der Waals surface area contributed by atoms with Crippen molar-refractivity contribution in [2.75, 3.05) is 5.32 Å². The summed E-state index contributed by atoms with van der Waals surface area (Å²) in [6, 6.07) is 7.55. The molecule has 7 nitrogen and oxygen atoms in total. The van der Waals surface area contributed by atoms with Gasteiger partial charge in [-0.1, -0.05) is 34.9 Å². The molecule has 0 fully saturated rings. The molecular formula is C16H19N5O2. The van der Waals surface area contributed by atoms with E-state index < -0.39 is 6.04 Å². The van der Waals surface area contributed by atoms with E-state index in [0.717, 1.165) is 11.1 Å². The summed E-state index contributed by atoms with van der Waals surface area (Å²) in [5, 5.41) is 14.8. The number of anilines is 1. The normalized spacial score (nSPS) is 17.0. The van der Waals surface area contributed by atoms with Gasteiger partial charge in [-0.15, -0.1) is 0 Å². The second-order valence-electron chi connectivity index (χ2n) is 5.88. The summed E-state index contributed by atoms with van der Waals surface area (Å²) in [5.41, 5.74) is 3.29. The Morgan fingerprint density at radius 1 is 1.26 bits per heavy atom. The van der Waals surface area contributed by atoms with Crippen LogP contribution in [0.3, 0.4) is 0 Å². The highest BCUT2D eigenvalue weighted by Gasteiger charge is 2.35. The molecule has 1 atom stereocenters. The number of carbonyl (C=O) groups is 1. The van der Waals surface area contributed by atoms with Gasteiger partial charge in [-0.25, -0.2) is 4.79 Å². The van der Waals surface area contributed by atoms with Gasteiger partial charge < -0.3 is 10.1 Å². The molecule has 1 N–H and O–H groups in total. The van der Waals surface area contributed by atoms with Gasteiger partial charge in [0.15, 0.2) is 0 Å². The number of tetrazole rings is 1. The highest BCUT2D eigenvalue weighted by molar-refractivity contribution is 5.92. The molecule has 0 amide bonds. The van der Waals surface area contributed by atoms with Gasteiger partial charge in [0.05, 0.1) is 11.7 Å². The Morgan fingerprint density at radius 3 is 2.61 bits per heavy atom. The van der Waals surface area contributed by atoms with Crippen molar-refractivity contribution in [3.05, 3.63) is 46.7 Å². The van der Waals surface area contributed by atoms with Crippen molar-refractivity contribution in [1.82, 2.24) is 20.2 Å². The second-order valence-corrected chi connectivity index (χ2v) is 5.88. The number of nitrogens with one attached hydrogen (secondary N) is 1. The first-order valence-corrected chi connectivity index (χ1v) is 7.50. The minimum Gasteiger partial charge on any atom is -0.459 e. The van der Waals surface area contributed by atoms with Gasteiger partial charge in [-0.3, -0.25) is 0 Å². The van der Waals surface area contributed by atoms with Crippen LogP contribution in [0.2, 0.25) is 0 Å². The van der Waals surface area contributed by atoms with E-state index >= 15 is 0 Å². The lowest BCUT2D eigenvalue weighted by molar-refractivity contribution is -0.143. The molecular weight excluding hydrogens is 294 g/mol. The quantitative estimate of drug-likeness (QED) is 0.875. The summed E-state index contributed by atoms with van der Waals surface area (Å²) in [5.74, 6) is 0.144. The van der Waals surface area contributed by atoms with E-state index in [1.165, 1.54) is 0 Å². The zero-order valence-corrected chi connectivity index (χ0v) is 13.6. The smallest absolute Gasteiger partial charge is 0.338 e. The third-order valence-corrected chi connectivity index (χ3v) is 3.67. The molecule has 1 aromatic carbocycles. The fourth-order valence-electron chi connectivity index (χ4n) is 2.61. The average Bonchev–Trinajstić information content (AvgIpc) is 2.93. The van der Waals surface area contributed by atoms with Crippen LogP contribution in [0, 0.1) is 6.92 Å². The van der Waals surface area contributed by atoms with Gasteiger partial charge in [0.1, 0.15) is 6.04 Å². The van der Waals surface area contributed by atoms with Crippen LogP contribution < -0.4 is 5.32 Å². The highest BCUT2D eigenvalue weighted by Crippen LogP contribution is 2.35. The summed E-state index contributed by atoms with van der Waals surface area (Å²) in [6.07, 6.45) is -0.197. The molecule has 120 valence electrons. The van der Waals surface area contributed by atoms with Gasteiger partial charge in [-0.05, 0) is 43.7 Å². The summed E-state index contributed by atoms with van der Waals surface area (Å²) < 4.78 is 7.01. The number of hydrogen-bond acceptors (Lipinski definition) is 6. The van der Waals surface area contributed by atoms with Crippen LogP contribution in [0.5, 0.6) is 0 Å². The van der Waals surface area contributed by atoms with Gasteiger partial charge in [-0.2, -0.15) is 4.68 Å². The average molecular weight is 313 g/mol. The van der Waals surface area contributed by atoms with Crippen LogP contribution in [-0.2, 0) is 9.53 Å². The Morgan fingerprint density at radius 2 is 1.96 bits per heavy atom. The fourth-order valence-corrected chi connectivity index (χ4v) is 2.61. The highest BCUT2D eigenvalue weighted by atomic mass is 16.5. The summed E-state index contributed by atoms with van der Waals surface area (Å²) >= 11 is 0. The van der Waals surface area contributed by atoms with Crippen molar-refractivity contribution in [3.63, 3.8) is 0 Å². The topological polar surface area (TPSA) is 81.9 Å². The van der Waals surface area contributed by atoms with Gasteiger partial charge >= 0.3 is 5.97 Å². The first kappa shape index (κ1) is 15.2. The predicted molar refractivity (Wildman–Crippen MR) is 84.7 cm³/mol. The molecule has 1 aromatic heterocycles. The van der Waals surface area contributed by atoms with Crippen LogP contribution >= 0.6 is 0 Å². The van der Waals surface area contributed by atoms with E-state index in [0.29, 0.717) is 17.2 Å². The number of fused-ring (bicyclic) bond motifs is 1. The molecule has 0 saturated heterocycles. The Kier molecular flexibility index (Phi) is 3.85. The molecule has 0 saturated carbocycles. The van der Waals surface area contributed by atoms with E-state index in [1.807, 2.05) is 52.0 Å². The molecule has 0 aliphatic carbocycles. The number of nitrogens with zero attached hydrogens (tertiary/aromatic N) is 4. The van der Waals surface area contributed by atoms with Gasteiger partial charge in [0, 0.05) is 5.70 Å². The van der Waals surface area contributed by atoms with Gasteiger partial charge in [0.2, 0.25) is 5.95 Å². The lowest BCUT2D eigenvalue weighted by Gasteiger charge is -2.27. The minimum absolute atomic E-state index is 0.197. The number of ether oxygens (including phenoxy) is 1. The first-order valence-electron chi connectivity index (χ1n) is 7.50. The van der Waals surface area contributed by atoms with E-state index in [4.69, 9.17) is 4.74 Å². The lowest BCUT2D eigenvalue weighted by atomic mass is 9.95. The molecule has 1 aliphatic heterocycles. The van der Waals surface area contributed by atoms with Crippen molar-refractivity contribution in [2.24, 2.45) is 0 Å². The molecule has 2 aromatic rings. The fraction of sp³-hybridized carbons (Fsp3) is 0.375. The van der Waals surface area contributed by atoms with E-state index in [9.17, 15) is 4.79 Å². The van der Waals surface area contributed by atoms with Crippen molar-refractivity contribution < 1.29 is 9.53 Å². The van der Waals surface area contributed by atoms with Crippen LogP contribution in [0.4, 0.5) is 5.95 Å². The van der Waals surface area contributed by atoms with Crippen molar-refractivity contribution >= 4 is 11.9 Å². The number of allylic oxidation sites excluding steroid dienone is 1. The van der Waals surface area contributed by atoms with Gasteiger partial charge in [0.25, 0.3) is 0 Å². The SMILES string of the molecule is CC1=C(C(=O)OC(C)C)[C@H](c2ccc(C)cc2)n2nnnc2N1. The monoisotopic (exact) mass is 313 g/mol. The summed E-state index contributed by atoms with van der Waals surface area (Å²) in [4.78, 5) is 12.6. The number of benzene rings is 1. The summed E-state index contributed by atoms with van der Waals surface area (Å²) in [6.45, 7) is 7.50. The molecule has 0 radical (unpaired) electrons. The van der Waals surface area contributed by atoms with Crippen LogP contribution in [-0.4, -0.2) is 32.3 Å². The van der Waals surface area contributed by atoms with Crippen LogP contribution in [0.25, 0.3) is 0 Å². The van der Waals surface area contributed by atoms with E-state index in [1.54, 1.807) is 4.68 Å². The minimum atomic E-state index is -0.409. The zero-order valence-electron chi connectivity index (χ0n) is 13.6. The number of aromatic nitrogens is 4. The Balaban J connectivity index is 2.10. The maximum atomic E-state index is 12.6. The standard InChI is InChI=1S/C16H19N5O2/c1-9(2)23-15(22)13-11(4)17-16-18-19-20-21(16)14(13)12-7-5-10(3)6-8-12/h5-9,14H,1-4H3,(H,17,18,20)/t14-/m0/s1. The third kappa shape index (κ3) is 2.81. The number of rotatable bonds is 3. The van der Waals surface area contributed by atoms with Crippen molar-refractivity contribution in [2.45, 2.75) is 39.8 Å². The van der Waals surface area contributed by atoms with E-state index in [2.05, 4.69) is 20.8 Å². The predicted octanol–water partition coefficient (Wildman–Crippen LogP) is 2.22. The number of hydrogen-bond donors (Lipinski definition) is 1. The Hall–Kier alpha value is -2.70. The Labute approximate surface area is 134 Å². The molecule has 3 rings (SSSR count). The van der Waals surface area contributed by atoms with Crippen molar-refractivity contribution in [1.29, 1.82) is 0 Å². The second kappa shape index (κ2) is 5.83. The lowest BCUT2D eigenvalue weighted by Crippen LogP contribution is -2.30. The van der Waals surface area contributed by atoms with Crippen LogP contribution in [0.15, 0.2) is 35.5 Å². The largest absolute Gasteiger partial charge is 0.459 e. The summed E-state index contributed by atoms with van der Waals surface area (Å²) in [7, 11) is 0. The maximum Gasteiger partial charge on any atom is 0.338 e. The number of carbonyl (C=O) groups excluding carboxylic acids is 1. The third-order valence-electron chi connectivity index (χ3n) is 3.67. The van der Waals surface area contributed by atoms with Crippen molar-refractivity contribution in [3.8, 4) is 0 Å². The molecule has 0 unspecified atom stereocenters. The Bertz CT molecular complexity index is 761. The molecule has 0 spiro atoms. The molecule has 2 heterocycles. The number of aryl methyl sites for hydroxylation is 1. The number of esters is 1. The molecule has 1 aliphatic rings. The molecule has 23 heavy (non-hydrogen) atoms. The van der Waals surface area contributed by atoms with Crippen LogP contribution in [0.1, 0.15) is 37.9 Å². The zero-order chi connectivity index (χ0) is 16.6. The molecule has 0 bridgehead atoms. The molecule has 7 heteroatoms. The van der Waals surface area contributed by atoms with E-state index in [-0.39, 0.29) is 12.1 Å². The first-order chi connectivity index (χ1) is 11.0.